The van der Waals surface area contributed by atoms with Gasteiger partial charge in [0.1, 0.15) is 0 Å². The summed E-state index contributed by atoms with van der Waals surface area (Å²) in [7, 11) is -4.19. The highest BCUT2D eigenvalue weighted by molar-refractivity contribution is 8.14. The predicted octanol–water partition coefficient (Wildman–Crippen LogP) is 1.51. The molecule has 9 heteroatoms. The molecular weight excluding hydrogens is 374 g/mol. The summed E-state index contributed by atoms with van der Waals surface area (Å²) < 4.78 is 31.2. The van der Waals surface area contributed by atoms with Crippen molar-refractivity contribution in [3.8, 4) is 0 Å². The maximum atomic E-state index is 11.5. The molecule has 0 radical (unpaired) electrons. The first-order valence-electron chi connectivity index (χ1n) is 9.41. The largest absolute Gasteiger partial charge is 0.748 e. The average molecular weight is 412 g/mol. The van der Waals surface area contributed by atoms with E-state index in [2.05, 4.69) is 23.8 Å². The number of carbonyl (C=O) groups excluding carboxylic acids is 1. The molecule has 0 aliphatic carbocycles. The summed E-state index contributed by atoms with van der Waals surface area (Å²) in [6.45, 7) is 2.23. The minimum absolute atomic E-state index is 0.000394. The maximum absolute atomic E-state index is 11.5. The van der Waals surface area contributed by atoms with Crippen LogP contribution in [-0.4, -0.2) is 35.6 Å². The van der Waals surface area contributed by atoms with Crippen LogP contribution >= 0.6 is 11.8 Å². The summed E-state index contributed by atoms with van der Waals surface area (Å²) in [5.41, 5.74) is 9.17. The first-order chi connectivity index (χ1) is 12.2. The Morgan fingerprint density at radius 3 is 1.69 bits per heavy atom. The fraction of sp³-hybridized carbons (Fsp3) is 0.882. The van der Waals surface area contributed by atoms with E-state index in [1.807, 2.05) is 0 Å². The third-order valence-corrected chi connectivity index (χ3v) is 5.48. The van der Waals surface area contributed by atoms with Crippen molar-refractivity contribution in [2.45, 2.75) is 84.0 Å². The van der Waals surface area contributed by atoms with E-state index in [-0.39, 0.29) is 16.8 Å². The smallest absolute Gasteiger partial charge is 0.336 e. The van der Waals surface area contributed by atoms with Crippen molar-refractivity contribution in [2.24, 2.45) is 11.5 Å². The quantitative estimate of drug-likeness (QED) is 0.160. The third-order valence-electron chi connectivity index (χ3n) is 3.58. The second-order valence-electron chi connectivity index (χ2n) is 6.27. The molecule has 0 saturated carbocycles. The highest BCUT2D eigenvalue weighted by Gasteiger charge is 2.04. The molecule has 6 N–H and O–H groups in total. The van der Waals surface area contributed by atoms with Gasteiger partial charge in [-0.3, -0.25) is 21.7 Å². The van der Waals surface area contributed by atoms with E-state index in [1.54, 1.807) is 0 Å². The number of thioether (sulfide) groups is 1. The van der Waals surface area contributed by atoms with Crippen LogP contribution in [0.4, 0.5) is 0 Å². The van der Waals surface area contributed by atoms with E-state index in [1.165, 1.54) is 57.8 Å². The fourth-order valence-electron chi connectivity index (χ4n) is 2.26. The first kappa shape index (κ1) is 27.4. The Balaban J connectivity index is 0. The Hall–Kier alpha value is -0.800. The van der Waals surface area contributed by atoms with Crippen LogP contribution in [0.15, 0.2) is 0 Å². The fourth-order valence-corrected chi connectivity index (χ4v) is 3.93. The minimum Gasteiger partial charge on any atom is -0.748 e. The molecule has 0 aromatic carbocycles. The number of guanidine groups is 1. The van der Waals surface area contributed by atoms with E-state index < -0.39 is 15.9 Å². The lowest BCUT2D eigenvalue weighted by Gasteiger charge is -2.05. The van der Waals surface area contributed by atoms with Crippen molar-refractivity contribution in [3.63, 3.8) is 0 Å². The van der Waals surface area contributed by atoms with Crippen molar-refractivity contribution in [2.75, 3.05) is 11.5 Å². The highest BCUT2D eigenvalue weighted by Crippen LogP contribution is 2.14. The van der Waals surface area contributed by atoms with E-state index in [0.717, 1.165) is 24.6 Å². The average Bonchev–Trinajstić information content (AvgIpc) is 2.51. The Labute approximate surface area is 163 Å². The molecule has 0 fully saturated rings. The van der Waals surface area contributed by atoms with E-state index >= 15 is 0 Å². The second-order valence-corrected chi connectivity index (χ2v) is 8.94. The summed E-state index contributed by atoms with van der Waals surface area (Å²) in [6, 6.07) is 0. The van der Waals surface area contributed by atoms with Crippen LogP contribution in [0.1, 0.15) is 84.0 Å². The molecule has 0 aromatic heterocycles. The van der Waals surface area contributed by atoms with Gasteiger partial charge in [0.15, 0.2) is 5.12 Å². The zero-order valence-electron chi connectivity index (χ0n) is 16.1. The van der Waals surface area contributed by atoms with Gasteiger partial charge in [-0.1, -0.05) is 82.9 Å². The second kappa shape index (κ2) is 19.0. The van der Waals surface area contributed by atoms with Gasteiger partial charge in [-0.15, -0.1) is 0 Å². The Morgan fingerprint density at radius 1 is 0.923 bits per heavy atom. The lowest BCUT2D eigenvalue weighted by molar-refractivity contribution is -0.117. The van der Waals surface area contributed by atoms with Crippen LogP contribution in [-0.2, 0) is 14.9 Å². The molecule has 26 heavy (non-hydrogen) atoms. The summed E-state index contributed by atoms with van der Waals surface area (Å²) >= 11 is 0.967. The van der Waals surface area contributed by atoms with Crippen LogP contribution in [0.5, 0.6) is 0 Å². The van der Waals surface area contributed by atoms with Gasteiger partial charge in [0.25, 0.3) is 0 Å². The lowest BCUT2D eigenvalue weighted by Crippen LogP contribution is -2.51. The van der Waals surface area contributed by atoms with Crippen molar-refractivity contribution < 1.29 is 23.2 Å². The summed E-state index contributed by atoms with van der Waals surface area (Å²) in [5, 5.41) is 4.58. The molecule has 0 aliphatic rings. The van der Waals surface area contributed by atoms with Gasteiger partial charge in [0.2, 0.25) is 0 Å². The molecule has 0 saturated heterocycles. The highest BCUT2D eigenvalue weighted by atomic mass is 32.2. The molecule has 0 unspecified atom stereocenters. The summed E-state index contributed by atoms with van der Waals surface area (Å²) in [4.78, 5) is 11.5. The number of unbranched alkanes of at least 4 members (excludes halogenated alkanes) is 10. The van der Waals surface area contributed by atoms with Gasteiger partial charge in [-0.2, -0.15) is 0 Å². The number of nitrogens with two attached hydrogens (primary N) is 3. The van der Waals surface area contributed by atoms with Crippen LogP contribution in [0.3, 0.4) is 0 Å². The third kappa shape index (κ3) is 31.0. The number of rotatable bonds is 15. The SMILES string of the molecule is CCCCCCCCCCCCCC(=O)SCCS(=O)(=O)[O-].NC(N)=[NH2+]. The molecule has 156 valence electrons. The van der Waals surface area contributed by atoms with Crippen molar-refractivity contribution in [1.82, 2.24) is 0 Å². The molecule has 7 nitrogen and oxygen atoms in total. The van der Waals surface area contributed by atoms with E-state index in [9.17, 15) is 17.8 Å². The van der Waals surface area contributed by atoms with Gasteiger partial charge in [0, 0.05) is 17.9 Å². The van der Waals surface area contributed by atoms with Crippen LogP contribution in [0.25, 0.3) is 0 Å². The normalized spacial score (nSPS) is 10.8. The van der Waals surface area contributed by atoms with Crippen LogP contribution < -0.4 is 16.9 Å². The Kier molecular flexibility index (Phi) is 20.0. The first-order valence-corrected chi connectivity index (χ1v) is 12.0. The van der Waals surface area contributed by atoms with E-state index in [0.29, 0.717) is 6.42 Å². The minimum atomic E-state index is -4.19. The number of carbonyl (C=O) groups is 1. The van der Waals surface area contributed by atoms with Crippen molar-refractivity contribution >= 4 is 33.0 Å². The van der Waals surface area contributed by atoms with Gasteiger partial charge in [-0.05, 0) is 6.42 Å². The molecule has 0 bridgehead atoms. The van der Waals surface area contributed by atoms with Crippen molar-refractivity contribution in [3.05, 3.63) is 0 Å². The number of hydrogen-bond donors (Lipinski definition) is 3. The molecule has 0 aromatic rings. The van der Waals surface area contributed by atoms with Crippen LogP contribution in [0.2, 0.25) is 0 Å². The monoisotopic (exact) mass is 411 g/mol. The molecule has 0 aliphatic heterocycles. The van der Waals surface area contributed by atoms with Gasteiger partial charge < -0.3 is 4.55 Å². The predicted molar refractivity (Wildman–Crippen MR) is 108 cm³/mol. The van der Waals surface area contributed by atoms with Gasteiger partial charge in [0.05, 0.1) is 10.1 Å². The summed E-state index contributed by atoms with van der Waals surface area (Å²) in [5.74, 6) is -0.454. The Morgan fingerprint density at radius 2 is 1.31 bits per heavy atom. The topological polar surface area (TPSA) is 152 Å². The molecule has 0 amide bonds. The van der Waals surface area contributed by atoms with E-state index in [4.69, 9.17) is 0 Å². The number of hydrogen-bond acceptors (Lipinski definition) is 5. The lowest BCUT2D eigenvalue weighted by atomic mass is 10.1. The molecular formula is C17H37N3O4S2. The molecule has 0 heterocycles. The molecule has 0 spiro atoms. The van der Waals surface area contributed by atoms with Crippen molar-refractivity contribution in [1.29, 1.82) is 0 Å². The van der Waals surface area contributed by atoms with Gasteiger partial charge in [-0.25, -0.2) is 8.42 Å². The van der Waals surface area contributed by atoms with Gasteiger partial charge >= 0.3 is 5.96 Å². The summed E-state index contributed by atoms with van der Waals surface area (Å²) in [6.07, 6.45) is 14.1. The maximum Gasteiger partial charge on any atom is 0.336 e. The standard InChI is InChI=1S/C16H32O4S2.CH5N3/c1-2-3-4-5-6-7-8-9-10-11-12-13-16(17)21-14-15-22(18,19)20;2-1(3)4/h2-15H2,1H3,(H,18,19,20);(H5,2,3,4). The van der Waals surface area contributed by atoms with Crippen LogP contribution in [0, 0.1) is 0 Å². The zero-order chi connectivity index (χ0) is 20.3. The molecule has 0 atom stereocenters. The Bertz CT molecular complexity index is 453. The molecule has 0 rings (SSSR count). The zero-order valence-corrected chi connectivity index (χ0v) is 17.7.